The molecule has 4 rings (SSSR count). The maximum Gasteiger partial charge on any atom is 0.150 e. The number of benzene rings is 2. The van der Waals surface area contributed by atoms with E-state index in [9.17, 15) is 13.5 Å². The van der Waals surface area contributed by atoms with Crippen molar-refractivity contribution in [3.63, 3.8) is 0 Å². The van der Waals surface area contributed by atoms with Gasteiger partial charge in [0.2, 0.25) is 0 Å². The summed E-state index contributed by atoms with van der Waals surface area (Å²) < 4.78 is 31.5. The third-order valence-corrected chi connectivity index (χ3v) is 7.54. The first kappa shape index (κ1) is 20.9. The van der Waals surface area contributed by atoms with Crippen molar-refractivity contribution in [3.8, 4) is 5.75 Å². The molecule has 3 aromatic rings. The molecule has 1 N–H and O–H groups in total. The average Bonchev–Trinajstić information content (AvgIpc) is 3.26. The van der Waals surface area contributed by atoms with E-state index in [0.717, 1.165) is 29.0 Å². The molecule has 1 aliphatic rings. The van der Waals surface area contributed by atoms with Crippen molar-refractivity contribution in [2.75, 3.05) is 18.1 Å². The minimum absolute atomic E-state index is 0.0797. The normalized spacial score (nSPS) is 19.2. The molecule has 1 aliphatic heterocycles. The van der Waals surface area contributed by atoms with Gasteiger partial charge in [-0.15, -0.1) is 0 Å². The molecular weight excluding hydrogens is 400 g/mol. The number of ether oxygens (including phenoxy) is 1. The van der Waals surface area contributed by atoms with E-state index in [1.165, 1.54) is 5.56 Å². The number of para-hydroxylation sites is 2. The summed E-state index contributed by atoms with van der Waals surface area (Å²) in [5.74, 6) is 2.11. The van der Waals surface area contributed by atoms with Crippen molar-refractivity contribution < 1.29 is 18.3 Å². The van der Waals surface area contributed by atoms with Crippen LogP contribution < -0.4 is 4.74 Å². The summed E-state index contributed by atoms with van der Waals surface area (Å²) in [4.78, 5) is 4.73. The van der Waals surface area contributed by atoms with Crippen LogP contribution in [0.5, 0.6) is 5.75 Å². The van der Waals surface area contributed by atoms with Crippen LogP contribution in [0.1, 0.15) is 24.7 Å². The molecule has 0 radical (unpaired) electrons. The van der Waals surface area contributed by atoms with Gasteiger partial charge < -0.3 is 14.4 Å². The zero-order valence-electron chi connectivity index (χ0n) is 17.2. The summed E-state index contributed by atoms with van der Waals surface area (Å²) in [5, 5.41) is 10.6. The van der Waals surface area contributed by atoms with Crippen LogP contribution in [-0.4, -0.2) is 47.3 Å². The van der Waals surface area contributed by atoms with E-state index in [1.54, 1.807) is 0 Å². The van der Waals surface area contributed by atoms with E-state index >= 15 is 0 Å². The van der Waals surface area contributed by atoms with Crippen LogP contribution in [0.4, 0.5) is 0 Å². The molecule has 1 saturated heterocycles. The van der Waals surface area contributed by atoms with Gasteiger partial charge in [0.05, 0.1) is 29.1 Å². The largest absolute Gasteiger partial charge is 0.491 e. The first-order valence-corrected chi connectivity index (χ1v) is 12.3. The van der Waals surface area contributed by atoms with Crippen LogP contribution in [0, 0.1) is 5.92 Å². The number of nitrogens with zero attached hydrogens (tertiary/aromatic N) is 2. The average molecular weight is 429 g/mol. The Labute approximate surface area is 177 Å². The maximum absolute atomic E-state index is 11.8. The topological polar surface area (TPSA) is 81.4 Å². The highest BCUT2D eigenvalue weighted by Gasteiger charge is 2.29. The second-order valence-electron chi connectivity index (χ2n) is 8.06. The molecule has 1 fully saturated rings. The summed E-state index contributed by atoms with van der Waals surface area (Å²) in [6.07, 6.45) is 1.53. The maximum atomic E-state index is 11.8. The number of hydrogen-bond donors (Lipinski definition) is 1. The lowest BCUT2D eigenvalue weighted by Crippen LogP contribution is -2.25. The smallest absolute Gasteiger partial charge is 0.150 e. The van der Waals surface area contributed by atoms with Crippen LogP contribution in [0.2, 0.25) is 0 Å². The molecule has 0 amide bonds. The second kappa shape index (κ2) is 8.78. The Morgan fingerprint density at radius 1 is 1.20 bits per heavy atom. The fourth-order valence-corrected chi connectivity index (χ4v) is 5.92. The van der Waals surface area contributed by atoms with E-state index in [2.05, 4.69) is 6.92 Å². The molecule has 160 valence electrons. The van der Waals surface area contributed by atoms with Crippen LogP contribution in [-0.2, 0) is 29.2 Å². The van der Waals surface area contributed by atoms with Crippen molar-refractivity contribution >= 4 is 20.9 Å². The van der Waals surface area contributed by atoms with Gasteiger partial charge in [-0.1, -0.05) is 31.2 Å². The third kappa shape index (κ3) is 4.84. The number of aliphatic hydroxyl groups excluding tert-OH is 1. The van der Waals surface area contributed by atoms with Gasteiger partial charge in [0.25, 0.3) is 0 Å². The summed E-state index contributed by atoms with van der Waals surface area (Å²) in [6.45, 7) is 2.63. The van der Waals surface area contributed by atoms with Gasteiger partial charge in [-0.3, -0.25) is 0 Å². The van der Waals surface area contributed by atoms with Gasteiger partial charge in [-0.25, -0.2) is 13.4 Å². The number of fused-ring (bicyclic) bond motifs is 1. The van der Waals surface area contributed by atoms with Gasteiger partial charge in [0.15, 0.2) is 9.84 Å². The highest BCUT2D eigenvalue weighted by atomic mass is 32.2. The first-order chi connectivity index (χ1) is 14.4. The van der Waals surface area contributed by atoms with E-state index in [-0.39, 0.29) is 24.0 Å². The Bertz CT molecular complexity index is 1110. The number of hydrogen-bond acceptors (Lipinski definition) is 5. The lowest BCUT2D eigenvalue weighted by atomic mass is 10.1. The molecule has 0 saturated carbocycles. The highest BCUT2D eigenvalue weighted by molar-refractivity contribution is 7.91. The summed E-state index contributed by atoms with van der Waals surface area (Å²) in [6, 6.07) is 15.7. The zero-order valence-corrected chi connectivity index (χ0v) is 18.0. The van der Waals surface area contributed by atoms with Crippen LogP contribution in [0.15, 0.2) is 48.5 Å². The first-order valence-electron chi connectivity index (χ1n) is 10.5. The van der Waals surface area contributed by atoms with Crippen molar-refractivity contribution in [3.05, 3.63) is 59.9 Å². The fraction of sp³-hybridized carbons (Fsp3) is 0.435. The molecule has 2 aromatic carbocycles. The number of aromatic nitrogens is 2. The Morgan fingerprint density at radius 3 is 2.67 bits per heavy atom. The van der Waals surface area contributed by atoms with Crippen LogP contribution in [0.3, 0.4) is 0 Å². The molecule has 30 heavy (non-hydrogen) atoms. The van der Waals surface area contributed by atoms with E-state index in [0.29, 0.717) is 19.4 Å². The molecule has 0 bridgehead atoms. The summed E-state index contributed by atoms with van der Waals surface area (Å²) >= 11 is 0. The highest BCUT2D eigenvalue weighted by Crippen LogP contribution is 2.25. The zero-order chi connectivity index (χ0) is 21.1. The molecule has 2 heterocycles. The van der Waals surface area contributed by atoms with Crippen molar-refractivity contribution in [2.45, 2.75) is 38.8 Å². The second-order valence-corrected chi connectivity index (χ2v) is 10.3. The predicted molar refractivity (Wildman–Crippen MR) is 118 cm³/mol. The lowest BCUT2D eigenvalue weighted by molar-refractivity contribution is 0.0925. The Kier molecular flexibility index (Phi) is 6.11. The predicted octanol–water partition coefficient (Wildman–Crippen LogP) is 3.02. The van der Waals surface area contributed by atoms with Crippen LogP contribution >= 0.6 is 0 Å². The number of aliphatic hydroxyl groups is 1. The van der Waals surface area contributed by atoms with Gasteiger partial charge in [-0.2, -0.15) is 0 Å². The van der Waals surface area contributed by atoms with E-state index in [1.807, 2.05) is 53.1 Å². The molecule has 0 spiro atoms. The molecule has 1 aromatic heterocycles. The van der Waals surface area contributed by atoms with Gasteiger partial charge in [0.1, 0.15) is 24.3 Å². The molecule has 0 unspecified atom stereocenters. The Balaban J connectivity index is 1.47. The SMILES string of the molecule is CCc1ccc(OC[C@H](O)Cn2c(C[C@H]3CCS(=O)(=O)C3)nc3ccccc32)cc1. The number of aryl methyl sites for hydroxylation is 1. The fourth-order valence-electron chi connectivity index (χ4n) is 4.05. The van der Waals surface area contributed by atoms with Gasteiger partial charge in [0, 0.05) is 6.42 Å². The summed E-state index contributed by atoms with van der Waals surface area (Å²) in [5.41, 5.74) is 3.04. The monoisotopic (exact) mass is 428 g/mol. The van der Waals surface area contributed by atoms with Gasteiger partial charge in [-0.05, 0) is 48.6 Å². The Hall–Kier alpha value is -2.38. The molecule has 2 atom stereocenters. The quantitative estimate of drug-likeness (QED) is 0.596. The van der Waals surface area contributed by atoms with E-state index in [4.69, 9.17) is 9.72 Å². The molecular formula is C23H28N2O4S. The standard InChI is InChI=1S/C23H28N2O4S/c1-2-17-7-9-20(10-8-17)29-15-19(26)14-25-22-6-4-3-5-21(22)24-23(25)13-18-11-12-30(27,28)16-18/h3-10,18-19,26H,2,11-16H2,1H3/t18-,19-/m1/s1. The molecule has 7 heteroatoms. The number of imidazole rings is 1. The van der Waals surface area contributed by atoms with Crippen molar-refractivity contribution in [2.24, 2.45) is 5.92 Å². The number of rotatable bonds is 8. The van der Waals surface area contributed by atoms with E-state index < -0.39 is 15.9 Å². The molecule has 0 aliphatic carbocycles. The number of sulfone groups is 1. The van der Waals surface area contributed by atoms with Crippen LogP contribution in [0.25, 0.3) is 11.0 Å². The lowest BCUT2D eigenvalue weighted by Gasteiger charge is -2.17. The van der Waals surface area contributed by atoms with Crippen molar-refractivity contribution in [1.82, 2.24) is 9.55 Å². The minimum atomic E-state index is -2.93. The Morgan fingerprint density at radius 2 is 1.97 bits per heavy atom. The molecule has 6 nitrogen and oxygen atoms in total. The minimum Gasteiger partial charge on any atom is -0.491 e. The van der Waals surface area contributed by atoms with Gasteiger partial charge >= 0.3 is 0 Å². The third-order valence-electron chi connectivity index (χ3n) is 5.70. The summed E-state index contributed by atoms with van der Waals surface area (Å²) in [7, 11) is -2.93. The van der Waals surface area contributed by atoms with Crippen molar-refractivity contribution in [1.29, 1.82) is 0 Å².